The smallest absolute Gasteiger partial charge is 0.310 e. The van der Waals surface area contributed by atoms with E-state index in [0.717, 1.165) is 51.4 Å². The van der Waals surface area contributed by atoms with Crippen LogP contribution in [0.1, 0.15) is 51.4 Å². The van der Waals surface area contributed by atoms with E-state index in [1.165, 1.54) is 0 Å². The van der Waals surface area contributed by atoms with Crippen LogP contribution in [0.3, 0.4) is 0 Å². The lowest BCUT2D eigenvalue weighted by Crippen LogP contribution is -2.56. The van der Waals surface area contributed by atoms with Crippen molar-refractivity contribution in [3.05, 3.63) is 12.2 Å². The SMILES string of the molecule is O=C1OC2(CCCC2)[C@@H]2[C@H]3C=C[C@@H]([C@H]12)[C@@H]1[C@H]3C(=O)OC12CCCC2. The molecule has 0 aromatic heterocycles. The van der Waals surface area contributed by atoms with Gasteiger partial charge in [0.05, 0.1) is 11.8 Å². The quantitative estimate of drug-likeness (QED) is 0.507. The van der Waals surface area contributed by atoms with Crippen molar-refractivity contribution in [1.82, 2.24) is 0 Å². The van der Waals surface area contributed by atoms with E-state index in [4.69, 9.17) is 9.47 Å². The Labute approximate surface area is 141 Å². The summed E-state index contributed by atoms with van der Waals surface area (Å²) in [6, 6.07) is 0. The van der Waals surface area contributed by atoms with Gasteiger partial charge in [0, 0.05) is 11.8 Å². The minimum absolute atomic E-state index is 0.00666. The maximum absolute atomic E-state index is 12.9. The van der Waals surface area contributed by atoms with Gasteiger partial charge in [-0.1, -0.05) is 12.2 Å². The third kappa shape index (κ3) is 1.40. The lowest BCUT2D eigenvalue weighted by Gasteiger charge is -2.51. The lowest BCUT2D eigenvalue weighted by molar-refractivity contribution is -0.152. The molecule has 4 heteroatoms. The second-order valence-electron chi connectivity index (χ2n) is 9.03. The van der Waals surface area contributed by atoms with E-state index in [1.807, 2.05) is 0 Å². The molecular weight excluding hydrogens is 304 g/mol. The molecule has 24 heavy (non-hydrogen) atoms. The third-order valence-electron chi connectivity index (χ3n) is 8.25. The summed E-state index contributed by atoms with van der Waals surface area (Å²) < 4.78 is 12.1. The first-order valence-corrected chi connectivity index (χ1v) is 9.79. The first-order chi connectivity index (χ1) is 11.7. The summed E-state index contributed by atoms with van der Waals surface area (Å²) in [6.07, 6.45) is 13.0. The highest BCUT2D eigenvalue weighted by Gasteiger charge is 2.73. The van der Waals surface area contributed by atoms with Crippen LogP contribution in [0.5, 0.6) is 0 Å². The van der Waals surface area contributed by atoms with Gasteiger partial charge in [-0.3, -0.25) is 9.59 Å². The molecule has 0 amide bonds. The predicted molar refractivity (Wildman–Crippen MR) is 84.7 cm³/mol. The van der Waals surface area contributed by atoms with Crippen LogP contribution in [0.25, 0.3) is 0 Å². The summed E-state index contributed by atoms with van der Waals surface area (Å²) in [5.74, 6) is 0.627. The fourth-order valence-corrected chi connectivity index (χ4v) is 7.59. The van der Waals surface area contributed by atoms with E-state index in [-0.39, 0.29) is 58.6 Å². The summed E-state index contributed by atoms with van der Waals surface area (Å²) in [6.45, 7) is 0. The molecule has 3 saturated carbocycles. The minimum atomic E-state index is -0.286. The number of rotatable bonds is 0. The average molecular weight is 328 g/mol. The van der Waals surface area contributed by atoms with E-state index in [9.17, 15) is 9.59 Å². The van der Waals surface area contributed by atoms with Crippen LogP contribution < -0.4 is 0 Å². The van der Waals surface area contributed by atoms with Gasteiger partial charge in [-0.05, 0) is 63.2 Å². The molecule has 7 aliphatic rings. The Morgan fingerprint density at radius 2 is 1.08 bits per heavy atom. The Morgan fingerprint density at radius 3 is 1.46 bits per heavy atom. The van der Waals surface area contributed by atoms with Crippen LogP contribution in [-0.2, 0) is 19.1 Å². The molecule has 2 bridgehead atoms. The highest BCUT2D eigenvalue weighted by Crippen LogP contribution is 2.67. The van der Waals surface area contributed by atoms with Gasteiger partial charge < -0.3 is 9.47 Å². The van der Waals surface area contributed by atoms with Gasteiger partial charge >= 0.3 is 11.9 Å². The number of esters is 2. The van der Waals surface area contributed by atoms with Crippen LogP contribution in [0, 0.1) is 35.5 Å². The zero-order chi connectivity index (χ0) is 16.1. The summed E-state index contributed by atoms with van der Waals surface area (Å²) in [5.41, 5.74) is -0.571. The summed E-state index contributed by atoms with van der Waals surface area (Å²) >= 11 is 0. The molecule has 0 aromatic rings. The molecule has 5 aliphatic carbocycles. The predicted octanol–water partition coefficient (Wildman–Crippen LogP) is 3.01. The van der Waals surface area contributed by atoms with E-state index >= 15 is 0 Å². The van der Waals surface area contributed by atoms with Crippen molar-refractivity contribution in [2.45, 2.75) is 62.6 Å². The average Bonchev–Trinajstić information content (AvgIpc) is 3.33. The molecule has 2 saturated heterocycles. The van der Waals surface area contributed by atoms with Crippen LogP contribution >= 0.6 is 0 Å². The van der Waals surface area contributed by atoms with Crippen LogP contribution in [0.2, 0.25) is 0 Å². The first kappa shape index (κ1) is 13.9. The summed E-state index contributed by atoms with van der Waals surface area (Å²) in [5, 5.41) is 0. The van der Waals surface area contributed by atoms with E-state index in [1.54, 1.807) is 0 Å². The van der Waals surface area contributed by atoms with Gasteiger partial charge in [-0.25, -0.2) is 0 Å². The van der Waals surface area contributed by atoms with Crippen molar-refractivity contribution in [1.29, 1.82) is 0 Å². The number of carbonyl (C=O) groups excluding carboxylic acids is 2. The largest absolute Gasteiger partial charge is 0.458 e. The van der Waals surface area contributed by atoms with E-state index < -0.39 is 0 Å². The van der Waals surface area contributed by atoms with Crippen molar-refractivity contribution in [2.24, 2.45) is 35.5 Å². The highest BCUT2D eigenvalue weighted by molar-refractivity contribution is 5.82. The number of hydrogen-bond acceptors (Lipinski definition) is 4. The van der Waals surface area contributed by atoms with E-state index in [0.29, 0.717) is 0 Å². The van der Waals surface area contributed by atoms with Crippen LogP contribution in [0.4, 0.5) is 0 Å². The third-order valence-corrected chi connectivity index (χ3v) is 8.25. The maximum atomic E-state index is 12.9. The molecule has 7 rings (SSSR count). The van der Waals surface area contributed by atoms with Gasteiger partial charge in [0.15, 0.2) is 0 Å². The molecule has 0 aromatic carbocycles. The summed E-state index contributed by atoms with van der Waals surface area (Å²) in [4.78, 5) is 25.7. The lowest BCUT2D eigenvalue weighted by atomic mass is 9.48. The van der Waals surface area contributed by atoms with Crippen LogP contribution in [0.15, 0.2) is 12.2 Å². The minimum Gasteiger partial charge on any atom is -0.458 e. The van der Waals surface area contributed by atoms with Crippen LogP contribution in [-0.4, -0.2) is 23.1 Å². The van der Waals surface area contributed by atoms with Gasteiger partial charge in [0.2, 0.25) is 0 Å². The second-order valence-corrected chi connectivity index (χ2v) is 9.03. The van der Waals surface area contributed by atoms with Crippen molar-refractivity contribution in [2.75, 3.05) is 0 Å². The van der Waals surface area contributed by atoms with Gasteiger partial charge in [-0.2, -0.15) is 0 Å². The molecule has 2 spiro atoms. The molecule has 0 radical (unpaired) electrons. The van der Waals surface area contributed by atoms with Gasteiger partial charge in [-0.15, -0.1) is 0 Å². The molecule has 2 aliphatic heterocycles. The number of ether oxygens (including phenoxy) is 2. The Balaban J connectivity index is 1.49. The van der Waals surface area contributed by atoms with Crippen molar-refractivity contribution in [3.8, 4) is 0 Å². The molecule has 6 atom stereocenters. The zero-order valence-electron chi connectivity index (χ0n) is 13.9. The summed E-state index contributed by atoms with van der Waals surface area (Å²) in [7, 11) is 0. The fourth-order valence-electron chi connectivity index (χ4n) is 7.59. The van der Waals surface area contributed by atoms with Gasteiger partial charge in [0.25, 0.3) is 0 Å². The molecule has 4 nitrogen and oxygen atoms in total. The molecule has 5 fully saturated rings. The molecule has 0 unspecified atom stereocenters. The number of carbonyl (C=O) groups is 2. The highest BCUT2D eigenvalue weighted by atomic mass is 16.6. The zero-order valence-corrected chi connectivity index (χ0v) is 13.9. The molecule has 0 N–H and O–H groups in total. The monoisotopic (exact) mass is 328 g/mol. The molecular formula is C20H24O4. The van der Waals surface area contributed by atoms with Crippen molar-refractivity contribution in [3.63, 3.8) is 0 Å². The standard InChI is InChI=1S/C20H24O4/c21-17-13-12-6-5-11(15(13)19(23-17)7-1-2-8-19)14-16(12)20(24-18(14)22)9-3-4-10-20/h5-6,11-16H,1-4,7-10H2/t11-,12-,13-,14-,15+,16+/m0/s1. The van der Waals surface area contributed by atoms with Crippen molar-refractivity contribution < 1.29 is 19.1 Å². The van der Waals surface area contributed by atoms with Gasteiger partial charge in [0.1, 0.15) is 11.2 Å². The first-order valence-electron chi connectivity index (χ1n) is 9.79. The Bertz CT molecular complexity index is 597. The number of hydrogen-bond donors (Lipinski definition) is 0. The normalized spacial score (nSPS) is 48.8. The molecule has 2 heterocycles. The maximum Gasteiger partial charge on any atom is 0.310 e. The topological polar surface area (TPSA) is 52.6 Å². The Hall–Kier alpha value is -1.32. The van der Waals surface area contributed by atoms with E-state index in [2.05, 4.69) is 12.2 Å². The second kappa shape index (κ2) is 4.25. The molecule has 128 valence electrons. The number of allylic oxidation sites excluding steroid dienone is 2. The Kier molecular flexibility index (Phi) is 2.47. The van der Waals surface area contributed by atoms with Crippen molar-refractivity contribution >= 4 is 11.9 Å². The Morgan fingerprint density at radius 1 is 0.708 bits per heavy atom. The fraction of sp³-hybridized carbons (Fsp3) is 0.800.